The minimum absolute atomic E-state index is 0.541. The van der Waals surface area contributed by atoms with E-state index in [1.54, 1.807) is 5.56 Å². The summed E-state index contributed by atoms with van der Waals surface area (Å²) in [5.41, 5.74) is 7.10. The molecule has 2 N–H and O–H groups in total. The molecule has 0 radical (unpaired) electrons. The maximum atomic E-state index is 3.73. The smallest absolute Gasteiger partial charge is 0.0464 e. The van der Waals surface area contributed by atoms with Gasteiger partial charge in [-0.1, -0.05) is 13.0 Å². The third-order valence-corrected chi connectivity index (χ3v) is 4.27. The van der Waals surface area contributed by atoms with Crippen molar-refractivity contribution in [3.63, 3.8) is 0 Å². The molecule has 1 unspecified atom stereocenters. The molecular formula is C17H24N2. The summed E-state index contributed by atoms with van der Waals surface area (Å²) in [7, 11) is 0. The molecule has 1 aliphatic rings. The van der Waals surface area contributed by atoms with Crippen LogP contribution in [0.15, 0.2) is 12.1 Å². The Labute approximate surface area is 115 Å². The fourth-order valence-electron chi connectivity index (χ4n) is 3.54. The van der Waals surface area contributed by atoms with Gasteiger partial charge in [0.05, 0.1) is 0 Å². The van der Waals surface area contributed by atoms with Crippen LogP contribution in [-0.2, 0) is 6.42 Å². The second-order valence-electron chi connectivity index (χ2n) is 5.92. The summed E-state index contributed by atoms with van der Waals surface area (Å²) in [5, 5.41) is 5.19. The van der Waals surface area contributed by atoms with E-state index in [0.717, 1.165) is 6.54 Å². The van der Waals surface area contributed by atoms with Crippen molar-refractivity contribution < 1.29 is 0 Å². The van der Waals surface area contributed by atoms with E-state index in [2.05, 4.69) is 43.2 Å². The van der Waals surface area contributed by atoms with E-state index in [1.165, 1.54) is 53.4 Å². The van der Waals surface area contributed by atoms with E-state index in [1.807, 2.05) is 0 Å². The molecule has 19 heavy (non-hydrogen) atoms. The minimum Gasteiger partial charge on any atom is -0.358 e. The first-order chi connectivity index (χ1) is 9.20. The molecule has 0 bridgehead atoms. The topological polar surface area (TPSA) is 27.8 Å². The molecule has 0 aliphatic heterocycles. The van der Waals surface area contributed by atoms with Gasteiger partial charge in [0, 0.05) is 22.6 Å². The average Bonchev–Trinajstić information content (AvgIpc) is 2.74. The van der Waals surface area contributed by atoms with E-state index in [0.29, 0.717) is 6.04 Å². The van der Waals surface area contributed by atoms with Gasteiger partial charge in [0.15, 0.2) is 0 Å². The highest BCUT2D eigenvalue weighted by Crippen LogP contribution is 2.37. The van der Waals surface area contributed by atoms with Crippen LogP contribution in [0.5, 0.6) is 0 Å². The van der Waals surface area contributed by atoms with Gasteiger partial charge in [-0.15, -0.1) is 0 Å². The fourth-order valence-corrected chi connectivity index (χ4v) is 3.54. The van der Waals surface area contributed by atoms with Gasteiger partial charge >= 0.3 is 0 Å². The first kappa shape index (κ1) is 12.7. The Balaban J connectivity index is 2.13. The average molecular weight is 256 g/mol. The highest BCUT2D eigenvalue weighted by atomic mass is 14.9. The van der Waals surface area contributed by atoms with Gasteiger partial charge in [0.1, 0.15) is 0 Å². The lowest BCUT2D eigenvalue weighted by Crippen LogP contribution is -2.25. The third-order valence-electron chi connectivity index (χ3n) is 4.27. The Hall–Kier alpha value is -1.28. The Kier molecular flexibility index (Phi) is 3.36. The zero-order valence-corrected chi connectivity index (χ0v) is 12.3. The molecule has 1 aromatic carbocycles. The van der Waals surface area contributed by atoms with Crippen LogP contribution in [0.3, 0.4) is 0 Å². The van der Waals surface area contributed by atoms with Crippen LogP contribution >= 0.6 is 0 Å². The predicted molar refractivity (Wildman–Crippen MR) is 81.7 cm³/mol. The lowest BCUT2D eigenvalue weighted by Gasteiger charge is -2.24. The van der Waals surface area contributed by atoms with Crippen LogP contribution in [0.25, 0.3) is 10.9 Å². The van der Waals surface area contributed by atoms with E-state index in [9.17, 15) is 0 Å². The Morgan fingerprint density at radius 2 is 2.16 bits per heavy atom. The fraction of sp³-hybridized carbons (Fsp3) is 0.529. The summed E-state index contributed by atoms with van der Waals surface area (Å²) in [4.78, 5) is 3.66. The van der Waals surface area contributed by atoms with Crippen LogP contribution < -0.4 is 5.32 Å². The largest absolute Gasteiger partial charge is 0.358 e. The number of aromatic nitrogens is 1. The van der Waals surface area contributed by atoms with Crippen LogP contribution in [-0.4, -0.2) is 11.5 Å². The van der Waals surface area contributed by atoms with Crippen molar-refractivity contribution in [1.82, 2.24) is 10.3 Å². The number of hydrogen-bond acceptors (Lipinski definition) is 1. The van der Waals surface area contributed by atoms with Crippen molar-refractivity contribution in [2.75, 3.05) is 6.54 Å². The number of nitrogens with one attached hydrogen (secondary N) is 2. The van der Waals surface area contributed by atoms with Crippen LogP contribution in [0.2, 0.25) is 0 Å². The van der Waals surface area contributed by atoms with Gasteiger partial charge in [-0.3, -0.25) is 0 Å². The summed E-state index contributed by atoms with van der Waals surface area (Å²) < 4.78 is 0. The number of fused-ring (bicyclic) bond motifs is 3. The summed E-state index contributed by atoms with van der Waals surface area (Å²) in [6.07, 6.45) is 4.96. The lowest BCUT2D eigenvalue weighted by atomic mass is 9.89. The molecular weight excluding hydrogens is 232 g/mol. The summed E-state index contributed by atoms with van der Waals surface area (Å²) in [6.45, 7) is 7.77. The summed E-state index contributed by atoms with van der Waals surface area (Å²) in [5.74, 6) is 0. The number of rotatable bonds is 3. The molecule has 1 aromatic heterocycles. The molecule has 2 aromatic rings. The first-order valence-corrected chi connectivity index (χ1v) is 7.55. The van der Waals surface area contributed by atoms with Gasteiger partial charge in [-0.25, -0.2) is 0 Å². The van der Waals surface area contributed by atoms with E-state index in [-0.39, 0.29) is 0 Å². The molecule has 2 nitrogen and oxygen atoms in total. The van der Waals surface area contributed by atoms with Gasteiger partial charge in [-0.2, -0.15) is 0 Å². The zero-order valence-electron chi connectivity index (χ0n) is 12.3. The maximum absolute atomic E-state index is 3.73. The third kappa shape index (κ3) is 2.18. The Morgan fingerprint density at radius 1 is 1.32 bits per heavy atom. The molecule has 2 heteroatoms. The van der Waals surface area contributed by atoms with Gasteiger partial charge < -0.3 is 10.3 Å². The van der Waals surface area contributed by atoms with Crippen LogP contribution in [0.1, 0.15) is 54.6 Å². The Bertz CT molecular complexity index is 595. The van der Waals surface area contributed by atoms with Crippen LogP contribution in [0, 0.1) is 13.8 Å². The number of aryl methyl sites for hydroxylation is 3. The van der Waals surface area contributed by atoms with E-state index >= 15 is 0 Å². The van der Waals surface area contributed by atoms with Gasteiger partial charge in [0.2, 0.25) is 0 Å². The number of H-pyrrole nitrogens is 1. The first-order valence-electron chi connectivity index (χ1n) is 7.55. The van der Waals surface area contributed by atoms with Crippen molar-refractivity contribution in [3.8, 4) is 0 Å². The highest BCUT2D eigenvalue weighted by molar-refractivity contribution is 5.89. The molecule has 0 spiro atoms. The molecule has 3 rings (SSSR count). The molecule has 1 heterocycles. The number of hydrogen-bond donors (Lipinski definition) is 2. The van der Waals surface area contributed by atoms with Crippen LogP contribution in [0.4, 0.5) is 0 Å². The molecule has 0 amide bonds. The van der Waals surface area contributed by atoms with Crippen molar-refractivity contribution in [2.24, 2.45) is 0 Å². The monoisotopic (exact) mass is 256 g/mol. The quantitative estimate of drug-likeness (QED) is 0.848. The second kappa shape index (κ2) is 5.01. The second-order valence-corrected chi connectivity index (χ2v) is 5.92. The number of aromatic amines is 1. The number of benzene rings is 1. The minimum atomic E-state index is 0.541. The van der Waals surface area contributed by atoms with Crippen molar-refractivity contribution in [2.45, 2.75) is 52.5 Å². The van der Waals surface area contributed by atoms with Crippen molar-refractivity contribution >= 4 is 10.9 Å². The van der Waals surface area contributed by atoms with E-state index < -0.39 is 0 Å². The molecule has 102 valence electrons. The SMILES string of the molecule is CCCNC1CCCc2[nH]c3cc(C)cc(C)c3c21. The molecule has 1 aliphatic carbocycles. The predicted octanol–water partition coefficient (Wildman–Crippen LogP) is 4.16. The molecule has 0 saturated heterocycles. The van der Waals surface area contributed by atoms with Gasteiger partial charge in [0.25, 0.3) is 0 Å². The standard InChI is InChI=1S/C17H24N2/c1-4-8-18-13-6-5-7-14-17(13)16-12(3)9-11(2)10-15(16)19-14/h9-10,13,18-19H,4-8H2,1-3H3. The van der Waals surface area contributed by atoms with E-state index in [4.69, 9.17) is 0 Å². The lowest BCUT2D eigenvalue weighted by molar-refractivity contribution is 0.461. The highest BCUT2D eigenvalue weighted by Gasteiger charge is 2.24. The Morgan fingerprint density at radius 3 is 2.95 bits per heavy atom. The zero-order chi connectivity index (χ0) is 13.4. The van der Waals surface area contributed by atoms with Crippen molar-refractivity contribution in [1.29, 1.82) is 0 Å². The normalized spacial score (nSPS) is 18.8. The maximum Gasteiger partial charge on any atom is 0.0464 e. The molecule has 0 saturated carbocycles. The van der Waals surface area contributed by atoms with Crippen molar-refractivity contribution in [3.05, 3.63) is 34.5 Å². The van der Waals surface area contributed by atoms with Gasteiger partial charge in [-0.05, 0) is 68.8 Å². The molecule has 1 atom stereocenters. The summed E-state index contributed by atoms with van der Waals surface area (Å²) >= 11 is 0. The molecule has 0 fully saturated rings. The summed E-state index contributed by atoms with van der Waals surface area (Å²) in [6, 6.07) is 5.14.